The Hall–Kier alpha value is -2.75. The average Bonchev–Trinajstić information content (AvgIpc) is 3.38. The smallest absolute Gasteiger partial charge is 0.245 e. The van der Waals surface area contributed by atoms with E-state index < -0.39 is 34.5 Å². The van der Waals surface area contributed by atoms with E-state index >= 15 is 0 Å². The summed E-state index contributed by atoms with van der Waals surface area (Å²) in [5.41, 5.74) is 0.907. The Balaban J connectivity index is 1.47. The Morgan fingerprint density at radius 2 is 1.56 bits per heavy atom. The summed E-state index contributed by atoms with van der Waals surface area (Å²) in [6.45, 7) is 9.62. The van der Waals surface area contributed by atoms with Gasteiger partial charge in [0.2, 0.25) is 17.7 Å². The number of carbonyl (C=O) groups excluding carboxylic acids is 3. The molecule has 41 heavy (non-hydrogen) atoms. The van der Waals surface area contributed by atoms with Crippen molar-refractivity contribution >= 4 is 40.9 Å². The zero-order chi connectivity index (χ0) is 30.1. The number of benzene rings is 2. The van der Waals surface area contributed by atoms with Crippen molar-refractivity contribution in [3.05, 3.63) is 69.2 Å². The fourth-order valence-electron chi connectivity index (χ4n) is 5.66. The van der Waals surface area contributed by atoms with Crippen LogP contribution in [0.15, 0.2) is 36.4 Å². The third kappa shape index (κ3) is 7.19. The third-order valence-electron chi connectivity index (χ3n) is 7.98. The molecule has 0 aromatic heterocycles. The van der Waals surface area contributed by atoms with Crippen LogP contribution in [-0.4, -0.2) is 83.3 Å². The van der Waals surface area contributed by atoms with E-state index in [0.29, 0.717) is 49.9 Å². The van der Waals surface area contributed by atoms with Crippen molar-refractivity contribution in [2.75, 3.05) is 39.3 Å². The fraction of sp³-hybridized carbons (Fsp3) is 0.500. The summed E-state index contributed by atoms with van der Waals surface area (Å²) in [6, 6.07) is 8.83. The first-order valence-electron chi connectivity index (χ1n) is 13.7. The quantitative estimate of drug-likeness (QED) is 0.490. The number of likely N-dealkylation sites (tertiary alicyclic amines) is 1. The van der Waals surface area contributed by atoms with Gasteiger partial charge in [0.25, 0.3) is 0 Å². The van der Waals surface area contributed by atoms with Gasteiger partial charge in [0, 0.05) is 69.1 Å². The number of nitrogens with one attached hydrogen (secondary N) is 1. The van der Waals surface area contributed by atoms with Crippen LogP contribution in [0.25, 0.3) is 0 Å². The van der Waals surface area contributed by atoms with Crippen LogP contribution in [0.1, 0.15) is 44.7 Å². The minimum atomic E-state index is -0.847. The highest BCUT2D eigenvalue weighted by Crippen LogP contribution is 2.39. The molecule has 2 aromatic rings. The van der Waals surface area contributed by atoms with Gasteiger partial charge < -0.3 is 15.1 Å². The minimum absolute atomic E-state index is 0.112. The molecule has 2 aromatic carbocycles. The van der Waals surface area contributed by atoms with Crippen LogP contribution in [0.5, 0.6) is 0 Å². The summed E-state index contributed by atoms with van der Waals surface area (Å²) < 4.78 is 28.8. The molecule has 2 heterocycles. The van der Waals surface area contributed by atoms with Crippen molar-refractivity contribution in [3.8, 4) is 0 Å². The van der Waals surface area contributed by atoms with E-state index in [-0.39, 0.29) is 29.7 Å². The molecule has 7 nitrogen and oxygen atoms in total. The highest BCUT2D eigenvalue weighted by molar-refractivity contribution is 6.31. The lowest BCUT2D eigenvalue weighted by atomic mass is 9.87. The second-order valence-electron chi connectivity index (χ2n) is 11.8. The SMILES string of the molecule is CC(=O)N[C@@H](Cc1ccccc1Cl)C(=O)N1CCN(C(=O)C2CN(C(C)(C)C)CC2c2cc(F)c(Cl)c(F)c2)CC1. The van der Waals surface area contributed by atoms with Crippen molar-refractivity contribution in [3.63, 3.8) is 0 Å². The van der Waals surface area contributed by atoms with E-state index in [1.165, 1.54) is 19.1 Å². The lowest BCUT2D eigenvalue weighted by Gasteiger charge is -2.38. The lowest BCUT2D eigenvalue weighted by Crippen LogP contribution is -2.57. The van der Waals surface area contributed by atoms with Gasteiger partial charge >= 0.3 is 0 Å². The second-order valence-corrected chi connectivity index (χ2v) is 12.6. The fourth-order valence-corrected chi connectivity index (χ4v) is 5.98. The Bertz CT molecular complexity index is 1290. The van der Waals surface area contributed by atoms with E-state index in [1.54, 1.807) is 21.9 Å². The highest BCUT2D eigenvalue weighted by atomic mass is 35.5. The summed E-state index contributed by atoms with van der Waals surface area (Å²) in [6.07, 6.45) is 0.248. The largest absolute Gasteiger partial charge is 0.344 e. The van der Waals surface area contributed by atoms with E-state index in [2.05, 4.69) is 10.2 Å². The van der Waals surface area contributed by atoms with Gasteiger partial charge in [-0.2, -0.15) is 0 Å². The number of rotatable bonds is 6. The van der Waals surface area contributed by atoms with Gasteiger partial charge in [-0.15, -0.1) is 0 Å². The number of hydrogen-bond donors (Lipinski definition) is 1. The molecule has 0 aliphatic carbocycles. The van der Waals surface area contributed by atoms with Gasteiger partial charge in [0.05, 0.1) is 5.92 Å². The number of nitrogens with zero attached hydrogens (tertiary/aromatic N) is 3. The maximum Gasteiger partial charge on any atom is 0.245 e. The number of hydrogen-bond acceptors (Lipinski definition) is 4. The number of piperazine rings is 1. The zero-order valence-corrected chi connectivity index (χ0v) is 25.2. The minimum Gasteiger partial charge on any atom is -0.344 e. The van der Waals surface area contributed by atoms with E-state index in [9.17, 15) is 23.2 Å². The molecule has 2 aliphatic rings. The molecule has 3 amide bonds. The first-order valence-corrected chi connectivity index (χ1v) is 14.5. The van der Waals surface area contributed by atoms with Crippen LogP contribution < -0.4 is 5.32 Å². The van der Waals surface area contributed by atoms with Crippen molar-refractivity contribution in [2.45, 2.75) is 51.6 Å². The van der Waals surface area contributed by atoms with Gasteiger partial charge in [-0.1, -0.05) is 41.4 Å². The van der Waals surface area contributed by atoms with Gasteiger partial charge in [0.15, 0.2) is 0 Å². The highest BCUT2D eigenvalue weighted by Gasteiger charge is 2.44. The molecule has 2 unspecified atom stereocenters. The van der Waals surface area contributed by atoms with Crippen LogP contribution in [0.4, 0.5) is 8.78 Å². The maximum absolute atomic E-state index is 14.4. The zero-order valence-electron chi connectivity index (χ0n) is 23.7. The first kappa shape index (κ1) is 31.2. The van der Waals surface area contributed by atoms with Crippen molar-refractivity contribution < 1.29 is 23.2 Å². The Morgan fingerprint density at radius 1 is 0.976 bits per heavy atom. The predicted molar refractivity (Wildman–Crippen MR) is 155 cm³/mol. The molecular formula is C30H36Cl2F2N4O3. The second kappa shape index (κ2) is 12.6. The Morgan fingerprint density at radius 3 is 2.12 bits per heavy atom. The summed E-state index contributed by atoms with van der Waals surface area (Å²) in [5, 5.41) is 2.70. The summed E-state index contributed by atoms with van der Waals surface area (Å²) >= 11 is 12.0. The van der Waals surface area contributed by atoms with Crippen LogP contribution in [0, 0.1) is 17.6 Å². The molecule has 2 aliphatic heterocycles. The predicted octanol–water partition coefficient (Wildman–Crippen LogP) is 4.50. The molecule has 4 rings (SSSR count). The molecule has 3 atom stereocenters. The van der Waals surface area contributed by atoms with Crippen LogP contribution in [-0.2, 0) is 20.8 Å². The van der Waals surface area contributed by atoms with Gasteiger partial charge in [0.1, 0.15) is 22.7 Å². The normalized spacial score (nSPS) is 20.7. The molecule has 0 radical (unpaired) electrons. The summed E-state index contributed by atoms with van der Waals surface area (Å²) in [7, 11) is 0. The van der Waals surface area contributed by atoms with Crippen LogP contribution in [0.3, 0.4) is 0 Å². The van der Waals surface area contributed by atoms with E-state index in [4.69, 9.17) is 23.2 Å². The summed E-state index contributed by atoms with van der Waals surface area (Å²) in [5.74, 6) is -3.29. The maximum atomic E-state index is 14.4. The molecule has 0 bridgehead atoms. The molecule has 2 fully saturated rings. The molecule has 1 N–H and O–H groups in total. The van der Waals surface area contributed by atoms with E-state index in [1.807, 2.05) is 32.9 Å². The van der Waals surface area contributed by atoms with E-state index in [0.717, 1.165) is 5.56 Å². The van der Waals surface area contributed by atoms with Crippen LogP contribution >= 0.6 is 23.2 Å². The first-order chi connectivity index (χ1) is 19.3. The van der Waals surface area contributed by atoms with Crippen LogP contribution in [0.2, 0.25) is 10.0 Å². The number of halogens is 4. The third-order valence-corrected chi connectivity index (χ3v) is 8.71. The standard InChI is InChI=1S/C30H36Cl2F2N4O3/c1-18(39)35-26(15-19-7-5-6-8-23(19)31)29(41)37-11-9-36(10-12-37)28(40)22-17-38(30(2,3)4)16-21(22)20-13-24(33)27(32)25(34)14-20/h5-8,13-14,21-22,26H,9-12,15-17H2,1-4H3,(H,35,39)/t21?,22?,26-/m0/s1. The monoisotopic (exact) mass is 608 g/mol. The lowest BCUT2D eigenvalue weighted by molar-refractivity contribution is -0.143. The molecule has 0 spiro atoms. The topological polar surface area (TPSA) is 73.0 Å². The average molecular weight is 610 g/mol. The molecule has 222 valence electrons. The van der Waals surface area contributed by atoms with Gasteiger partial charge in [-0.3, -0.25) is 19.3 Å². The molecule has 2 saturated heterocycles. The summed E-state index contributed by atoms with van der Waals surface area (Å²) in [4.78, 5) is 44.7. The van der Waals surface area contributed by atoms with Crippen molar-refractivity contribution in [1.29, 1.82) is 0 Å². The van der Waals surface area contributed by atoms with Crippen molar-refractivity contribution in [1.82, 2.24) is 20.0 Å². The molecule has 0 saturated carbocycles. The van der Waals surface area contributed by atoms with Gasteiger partial charge in [-0.05, 0) is 50.1 Å². The Kier molecular flexibility index (Phi) is 9.61. The van der Waals surface area contributed by atoms with Gasteiger partial charge in [-0.25, -0.2) is 8.78 Å². The number of amides is 3. The molecule has 11 heteroatoms. The number of carbonyl (C=O) groups is 3. The Labute approximate surface area is 249 Å². The molecular weight excluding hydrogens is 573 g/mol. The van der Waals surface area contributed by atoms with Crippen molar-refractivity contribution in [2.24, 2.45) is 5.92 Å².